The second-order valence-corrected chi connectivity index (χ2v) is 5.97. The van der Waals surface area contributed by atoms with E-state index in [0.29, 0.717) is 12.6 Å². The molecule has 0 saturated heterocycles. The molecule has 0 radical (unpaired) electrons. The number of rotatable bonds is 7. The second kappa shape index (κ2) is 8.23. The Labute approximate surface area is 128 Å². The summed E-state index contributed by atoms with van der Waals surface area (Å²) in [5.41, 5.74) is 2.82. The molecule has 1 aliphatic rings. The van der Waals surface area contributed by atoms with Gasteiger partial charge in [0, 0.05) is 25.0 Å². The van der Waals surface area contributed by atoms with Crippen LogP contribution in [0.25, 0.3) is 0 Å². The normalized spacial score (nSPS) is 18.1. The Bertz CT molecular complexity index is 453. The van der Waals surface area contributed by atoms with E-state index in [2.05, 4.69) is 41.4 Å². The topological polar surface area (TPSA) is 46.1 Å². The number of hydrogen-bond acceptors (Lipinski definition) is 2. The summed E-state index contributed by atoms with van der Waals surface area (Å²) in [7, 11) is 0. The molecule has 21 heavy (non-hydrogen) atoms. The van der Waals surface area contributed by atoms with Gasteiger partial charge in [0.15, 0.2) is 0 Å². The van der Waals surface area contributed by atoms with Crippen molar-refractivity contribution in [3.05, 3.63) is 23.5 Å². The molecule has 4 heteroatoms. The van der Waals surface area contributed by atoms with Gasteiger partial charge in [-0.2, -0.15) is 0 Å². The van der Waals surface area contributed by atoms with E-state index in [4.69, 9.17) is 0 Å². The van der Waals surface area contributed by atoms with Gasteiger partial charge in [-0.25, -0.2) is 0 Å². The molecule has 0 aromatic carbocycles. The van der Waals surface area contributed by atoms with Crippen molar-refractivity contribution in [1.29, 1.82) is 0 Å². The number of carbonyl (C=O) groups excluding carboxylic acids is 1. The van der Waals surface area contributed by atoms with E-state index in [1.807, 2.05) is 0 Å². The molecule has 1 aliphatic carbocycles. The van der Waals surface area contributed by atoms with Crippen LogP contribution in [0, 0.1) is 0 Å². The van der Waals surface area contributed by atoms with E-state index in [0.717, 1.165) is 32.4 Å². The van der Waals surface area contributed by atoms with Gasteiger partial charge in [0.05, 0.1) is 0 Å². The Hall–Kier alpha value is -1.29. The average Bonchev–Trinajstić information content (AvgIpc) is 2.76. The molecule has 1 amide bonds. The number of carbonyl (C=O) groups is 1. The van der Waals surface area contributed by atoms with Crippen molar-refractivity contribution < 1.29 is 4.79 Å². The Morgan fingerprint density at radius 3 is 2.95 bits per heavy atom. The van der Waals surface area contributed by atoms with Crippen molar-refractivity contribution in [2.45, 2.75) is 65.0 Å². The highest BCUT2D eigenvalue weighted by atomic mass is 16.1. The van der Waals surface area contributed by atoms with Crippen LogP contribution < -0.4 is 10.6 Å². The number of hydrogen-bond donors (Lipinski definition) is 2. The van der Waals surface area contributed by atoms with Gasteiger partial charge in [-0.3, -0.25) is 4.79 Å². The third-order valence-corrected chi connectivity index (χ3v) is 4.19. The van der Waals surface area contributed by atoms with Gasteiger partial charge in [0.25, 0.3) is 0 Å². The van der Waals surface area contributed by atoms with Crippen LogP contribution in [0.1, 0.15) is 63.1 Å². The average molecular weight is 291 g/mol. The van der Waals surface area contributed by atoms with Gasteiger partial charge in [-0.05, 0) is 43.4 Å². The summed E-state index contributed by atoms with van der Waals surface area (Å²) >= 11 is 0. The summed E-state index contributed by atoms with van der Waals surface area (Å²) in [6, 6.07) is 0.455. The van der Waals surface area contributed by atoms with Crippen molar-refractivity contribution in [3.8, 4) is 0 Å². The lowest BCUT2D eigenvalue weighted by molar-refractivity contribution is -0.121. The maximum Gasteiger partial charge on any atom is 0.239 e. The molecule has 0 fully saturated rings. The first-order valence-corrected chi connectivity index (χ1v) is 8.43. The first kappa shape index (κ1) is 16.1. The number of nitrogens with one attached hydrogen (secondary N) is 2. The van der Waals surface area contributed by atoms with Crippen LogP contribution in [0.3, 0.4) is 0 Å². The molecule has 1 heterocycles. The molecular weight excluding hydrogens is 262 g/mol. The molecular formula is C17H29N3O. The number of amides is 1. The maximum absolute atomic E-state index is 11.9. The lowest BCUT2D eigenvalue weighted by Gasteiger charge is -2.15. The highest BCUT2D eigenvalue weighted by Gasteiger charge is 2.20. The summed E-state index contributed by atoms with van der Waals surface area (Å²) in [6.45, 7) is 6.51. The summed E-state index contributed by atoms with van der Waals surface area (Å²) < 4.78 is 2.06. The highest BCUT2D eigenvalue weighted by Crippen LogP contribution is 2.29. The number of aromatic nitrogens is 1. The zero-order valence-corrected chi connectivity index (χ0v) is 13.5. The number of aryl methyl sites for hydroxylation is 1. The molecule has 1 aromatic rings. The SMILES string of the molecule is CCCCNC(=O)Cn1cc2c(c1)C(NCC)CCCC2. The standard InChI is InChI=1S/C17H29N3O/c1-3-5-10-19-17(21)13-20-11-14-8-6-7-9-16(18-4-2)15(14)12-20/h11-12,16,18H,3-10,13H2,1-2H3,(H,19,21). The van der Waals surface area contributed by atoms with E-state index in [1.54, 1.807) is 0 Å². The van der Waals surface area contributed by atoms with Crippen molar-refractivity contribution in [2.75, 3.05) is 13.1 Å². The minimum Gasteiger partial charge on any atom is -0.355 e. The lowest BCUT2D eigenvalue weighted by Crippen LogP contribution is -2.28. The number of fused-ring (bicyclic) bond motifs is 1. The fourth-order valence-electron chi connectivity index (χ4n) is 3.09. The van der Waals surface area contributed by atoms with Crippen LogP contribution in [-0.2, 0) is 17.8 Å². The molecule has 4 nitrogen and oxygen atoms in total. The maximum atomic E-state index is 11.9. The minimum atomic E-state index is 0.119. The quantitative estimate of drug-likeness (QED) is 0.599. The van der Waals surface area contributed by atoms with Gasteiger partial charge in [-0.1, -0.05) is 26.7 Å². The summed E-state index contributed by atoms with van der Waals surface area (Å²) in [5, 5.41) is 6.56. The van der Waals surface area contributed by atoms with Crippen LogP contribution in [0.15, 0.2) is 12.4 Å². The predicted molar refractivity (Wildman–Crippen MR) is 86.3 cm³/mol. The predicted octanol–water partition coefficient (Wildman–Crippen LogP) is 2.78. The molecule has 2 N–H and O–H groups in total. The molecule has 0 saturated carbocycles. The minimum absolute atomic E-state index is 0.119. The Kier molecular flexibility index (Phi) is 6.30. The third-order valence-electron chi connectivity index (χ3n) is 4.19. The molecule has 0 spiro atoms. The van der Waals surface area contributed by atoms with E-state index < -0.39 is 0 Å². The fraction of sp³-hybridized carbons (Fsp3) is 0.706. The van der Waals surface area contributed by atoms with Gasteiger partial charge in [0.1, 0.15) is 6.54 Å². The van der Waals surface area contributed by atoms with Crippen LogP contribution in [0.4, 0.5) is 0 Å². The Balaban J connectivity index is 1.99. The Morgan fingerprint density at radius 2 is 2.19 bits per heavy atom. The number of unbranched alkanes of at least 4 members (excludes halogenated alkanes) is 1. The highest BCUT2D eigenvalue weighted by molar-refractivity contribution is 5.75. The Morgan fingerprint density at radius 1 is 1.33 bits per heavy atom. The van der Waals surface area contributed by atoms with Crippen molar-refractivity contribution in [2.24, 2.45) is 0 Å². The van der Waals surface area contributed by atoms with Gasteiger partial charge in [0.2, 0.25) is 5.91 Å². The van der Waals surface area contributed by atoms with Crippen molar-refractivity contribution in [1.82, 2.24) is 15.2 Å². The van der Waals surface area contributed by atoms with Gasteiger partial charge in [-0.15, -0.1) is 0 Å². The summed E-state index contributed by atoms with van der Waals surface area (Å²) in [6.07, 6.45) is 11.4. The smallest absolute Gasteiger partial charge is 0.239 e. The van der Waals surface area contributed by atoms with E-state index in [9.17, 15) is 4.79 Å². The fourth-order valence-corrected chi connectivity index (χ4v) is 3.09. The molecule has 0 bridgehead atoms. The first-order chi connectivity index (χ1) is 10.2. The second-order valence-electron chi connectivity index (χ2n) is 5.97. The van der Waals surface area contributed by atoms with Crippen molar-refractivity contribution >= 4 is 5.91 Å². The molecule has 1 aromatic heterocycles. The van der Waals surface area contributed by atoms with Crippen LogP contribution in [-0.4, -0.2) is 23.6 Å². The zero-order chi connectivity index (χ0) is 15.1. The lowest BCUT2D eigenvalue weighted by atomic mass is 10.0. The molecule has 1 atom stereocenters. The summed E-state index contributed by atoms with van der Waals surface area (Å²) in [5.74, 6) is 0.119. The largest absolute Gasteiger partial charge is 0.355 e. The monoisotopic (exact) mass is 291 g/mol. The van der Waals surface area contributed by atoms with Crippen LogP contribution in [0.2, 0.25) is 0 Å². The molecule has 1 unspecified atom stereocenters. The number of nitrogens with zero attached hydrogens (tertiary/aromatic N) is 1. The van der Waals surface area contributed by atoms with Gasteiger partial charge < -0.3 is 15.2 Å². The zero-order valence-electron chi connectivity index (χ0n) is 13.5. The molecule has 0 aliphatic heterocycles. The van der Waals surface area contributed by atoms with E-state index in [1.165, 1.54) is 30.4 Å². The van der Waals surface area contributed by atoms with Gasteiger partial charge >= 0.3 is 0 Å². The van der Waals surface area contributed by atoms with Crippen LogP contribution in [0.5, 0.6) is 0 Å². The van der Waals surface area contributed by atoms with Crippen LogP contribution >= 0.6 is 0 Å². The first-order valence-electron chi connectivity index (χ1n) is 8.43. The van der Waals surface area contributed by atoms with Crippen molar-refractivity contribution in [3.63, 3.8) is 0 Å². The van der Waals surface area contributed by atoms with E-state index in [-0.39, 0.29) is 5.91 Å². The van der Waals surface area contributed by atoms with E-state index >= 15 is 0 Å². The third kappa shape index (κ3) is 4.60. The summed E-state index contributed by atoms with van der Waals surface area (Å²) in [4.78, 5) is 11.9. The molecule has 2 rings (SSSR count). The molecule has 118 valence electrons.